The molecule has 0 bridgehead atoms. The molecule has 3 rings (SSSR count). The molecule has 2 aromatic carbocycles. The van der Waals surface area contributed by atoms with Crippen molar-refractivity contribution < 1.29 is 9.13 Å². The monoisotopic (exact) mass is 285 g/mol. The van der Waals surface area contributed by atoms with Crippen LogP contribution < -0.4 is 5.32 Å². The van der Waals surface area contributed by atoms with Gasteiger partial charge in [-0.25, -0.2) is 4.39 Å². The summed E-state index contributed by atoms with van der Waals surface area (Å²) in [5, 5.41) is 3.48. The molecule has 0 amide bonds. The number of fused-ring (bicyclic) bond motifs is 1. The number of hydrogen-bond acceptors (Lipinski definition) is 2. The van der Waals surface area contributed by atoms with E-state index in [1.807, 2.05) is 18.2 Å². The number of benzene rings is 2. The Bertz CT molecular complexity index is 596. The van der Waals surface area contributed by atoms with Gasteiger partial charge in [-0.3, -0.25) is 0 Å². The van der Waals surface area contributed by atoms with E-state index in [1.165, 1.54) is 23.3 Å². The summed E-state index contributed by atoms with van der Waals surface area (Å²) < 4.78 is 19.2. The van der Waals surface area contributed by atoms with E-state index in [0.29, 0.717) is 0 Å². The Balaban J connectivity index is 1.96. The zero-order chi connectivity index (χ0) is 14.7. The minimum atomic E-state index is -0.209. The molecule has 2 unspecified atom stereocenters. The molecule has 0 saturated heterocycles. The van der Waals surface area contributed by atoms with Crippen molar-refractivity contribution in [1.82, 2.24) is 5.32 Å². The van der Waals surface area contributed by atoms with Gasteiger partial charge in [-0.2, -0.15) is 0 Å². The smallest absolute Gasteiger partial charge is 0.123 e. The van der Waals surface area contributed by atoms with Crippen LogP contribution in [0.15, 0.2) is 48.5 Å². The molecule has 0 aromatic heterocycles. The standard InChI is InChI=1S/C18H20FNO/c1-2-20-17(14-7-9-15(19)10-8-14)18-16-6-4-3-5-13(16)11-12-21-18/h3-10,17-18,20H,2,11-12H2,1H3. The number of rotatable bonds is 4. The van der Waals surface area contributed by atoms with Gasteiger partial charge in [-0.1, -0.05) is 43.3 Å². The average molecular weight is 285 g/mol. The molecule has 0 spiro atoms. The van der Waals surface area contributed by atoms with E-state index >= 15 is 0 Å². The number of nitrogens with one attached hydrogen (secondary N) is 1. The van der Waals surface area contributed by atoms with Crippen molar-refractivity contribution >= 4 is 0 Å². The lowest BCUT2D eigenvalue weighted by Gasteiger charge is -2.33. The topological polar surface area (TPSA) is 21.3 Å². The van der Waals surface area contributed by atoms with Gasteiger partial charge in [0.2, 0.25) is 0 Å². The summed E-state index contributed by atoms with van der Waals surface area (Å²) in [6.07, 6.45) is 0.926. The molecule has 2 aromatic rings. The SMILES string of the molecule is CCNC(c1ccc(F)cc1)C1OCCc2ccccc21. The zero-order valence-corrected chi connectivity index (χ0v) is 12.2. The normalized spacial score (nSPS) is 19.0. The van der Waals surface area contributed by atoms with Crippen molar-refractivity contribution in [3.05, 3.63) is 71.0 Å². The molecule has 1 N–H and O–H groups in total. The molecule has 0 aliphatic carbocycles. The Morgan fingerprint density at radius 1 is 1.19 bits per heavy atom. The van der Waals surface area contributed by atoms with Crippen LogP contribution in [0.2, 0.25) is 0 Å². The third-order valence-corrected chi connectivity index (χ3v) is 3.99. The van der Waals surface area contributed by atoms with Crippen molar-refractivity contribution in [2.75, 3.05) is 13.2 Å². The minimum Gasteiger partial charge on any atom is -0.371 e. The molecule has 2 nitrogen and oxygen atoms in total. The highest BCUT2D eigenvalue weighted by Crippen LogP contribution is 2.36. The van der Waals surface area contributed by atoms with Crippen LogP contribution in [0, 0.1) is 5.82 Å². The third-order valence-electron chi connectivity index (χ3n) is 3.99. The van der Waals surface area contributed by atoms with Gasteiger partial charge in [0.05, 0.1) is 12.6 Å². The zero-order valence-electron chi connectivity index (χ0n) is 12.2. The highest BCUT2D eigenvalue weighted by Gasteiger charge is 2.29. The Kier molecular flexibility index (Phi) is 4.32. The van der Waals surface area contributed by atoms with Crippen LogP contribution in [-0.4, -0.2) is 13.2 Å². The van der Waals surface area contributed by atoms with Gasteiger partial charge in [0.15, 0.2) is 0 Å². The van der Waals surface area contributed by atoms with Crippen molar-refractivity contribution in [2.45, 2.75) is 25.5 Å². The van der Waals surface area contributed by atoms with Crippen molar-refractivity contribution in [3.8, 4) is 0 Å². The lowest BCUT2D eigenvalue weighted by Crippen LogP contribution is -2.31. The molecule has 110 valence electrons. The van der Waals surface area contributed by atoms with E-state index in [2.05, 4.69) is 30.4 Å². The second kappa shape index (κ2) is 6.37. The second-order valence-electron chi connectivity index (χ2n) is 5.33. The summed E-state index contributed by atoms with van der Waals surface area (Å²) in [6.45, 7) is 3.64. The first-order chi connectivity index (χ1) is 10.3. The predicted octanol–water partition coefficient (Wildman–Crippen LogP) is 3.79. The molecule has 1 aliphatic heterocycles. The number of ether oxygens (including phenoxy) is 1. The van der Waals surface area contributed by atoms with Gasteiger partial charge in [0.1, 0.15) is 11.9 Å². The maximum Gasteiger partial charge on any atom is 0.123 e. The van der Waals surface area contributed by atoms with Crippen LogP contribution >= 0.6 is 0 Å². The van der Waals surface area contributed by atoms with Gasteiger partial charge >= 0.3 is 0 Å². The van der Waals surface area contributed by atoms with E-state index in [4.69, 9.17) is 4.74 Å². The maximum absolute atomic E-state index is 13.2. The van der Waals surface area contributed by atoms with Gasteiger partial charge < -0.3 is 10.1 Å². The van der Waals surface area contributed by atoms with E-state index in [9.17, 15) is 4.39 Å². The van der Waals surface area contributed by atoms with Crippen molar-refractivity contribution in [1.29, 1.82) is 0 Å². The first-order valence-electron chi connectivity index (χ1n) is 7.48. The quantitative estimate of drug-likeness (QED) is 0.923. The summed E-state index contributed by atoms with van der Waals surface area (Å²) in [5.74, 6) is -0.209. The lowest BCUT2D eigenvalue weighted by molar-refractivity contribution is 0.0151. The molecule has 3 heteroatoms. The Morgan fingerprint density at radius 3 is 2.71 bits per heavy atom. The fourth-order valence-electron chi connectivity index (χ4n) is 2.99. The molecule has 0 radical (unpaired) electrons. The Morgan fingerprint density at radius 2 is 1.95 bits per heavy atom. The largest absolute Gasteiger partial charge is 0.371 e. The van der Waals surface area contributed by atoms with E-state index in [-0.39, 0.29) is 18.0 Å². The summed E-state index contributed by atoms with van der Waals surface area (Å²) in [7, 11) is 0. The average Bonchev–Trinajstić information content (AvgIpc) is 2.53. The molecular formula is C18H20FNO. The molecule has 0 fully saturated rings. The summed E-state index contributed by atoms with van der Waals surface area (Å²) in [4.78, 5) is 0. The summed E-state index contributed by atoms with van der Waals surface area (Å²) >= 11 is 0. The summed E-state index contributed by atoms with van der Waals surface area (Å²) in [5.41, 5.74) is 3.64. The van der Waals surface area contributed by atoms with Crippen LogP contribution in [0.1, 0.15) is 35.8 Å². The first-order valence-corrected chi connectivity index (χ1v) is 7.48. The number of halogens is 1. The van der Waals surface area contributed by atoms with Crippen LogP contribution in [-0.2, 0) is 11.2 Å². The van der Waals surface area contributed by atoms with Gasteiger partial charge in [0.25, 0.3) is 0 Å². The molecule has 1 aliphatic rings. The molecule has 2 atom stereocenters. The first kappa shape index (κ1) is 14.2. The van der Waals surface area contributed by atoms with Crippen molar-refractivity contribution in [3.63, 3.8) is 0 Å². The summed E-state index contributed by atoms with van der Waals surface area (Å²) in [6, 6.07) is 15.1. The van der Waals surface area contributed by atoms with E-state index < -0.39 is 0 Å². The van der Waals surface area contributed by atoms with E-state index in [1.54, 1.807) is 0 Å². The second-order valence-corrected chi connectivity index (χ2v) is 5.33. The van der Waals surface area contributed by atoms with Crippen LogP contribution in [0.3, 0.4) is 0 Å². The lowest BCUT2D eigenvalue weighted by atomic mass is 9.90. The molecular weight excluding hydrogens is 265 g/mol. The van der Waals surface area contributed by atoms with Gasteiger partial charge in [-0.15, -0.1) is 0 Å². The van der Waals surface area contributed by atoms with Crippen LogP contribution in [0.4, 0.5) is 4.39 Å². The Hall–Kier alpha value is -1.71. The number of likely N-dealkylation sites (N-methyl/N-ethyl adjacent to an activating group) is 1. The Labute approximate surface area is 125 Å². The fourth-order valence-corrected chi connectivity index (χ4v) is 2.99. The van der Waals surface area contributed by atoms with Gasteiger partial charge in [0, 0.05) is 0 Å². The van der Waals surface area contributed by atoms with Crippen LogP contribution in [0.25, 0.3) is 0 Å². The molecule has 21 heavy (non-hydrogen) atoms. The van der Waals surface area contributed by atoms with Crippen LogP contribution in [0.5, 0.6) is 0 Å². The van der Waals surface area contributed by atoms with E-state index in [0.717, 1.165) is 25.1 Å². The molecule has 1 heterocycles. The van der Waals surface area contributed by atoms with Crippen molar-refractivity contribution in [2.24, 2.45) is 0 Å². The highest BCUT2D eigenvalue weighted by molar-refractivity contribution is 5.34. The predicted molar refractivity (Wildman–Crippen MR) is 81.7 cm³/mol. The highest BCUT2D eigenvalue weighted by atomic mass is 19.1. The minimum absolute atomic E-state index is 0.0274. The number of hydrogen-bond donors (Lipinski definition) is 1. The fraction of sp³-hybridized carbons (Fsp3) is 0.333. The third kappa shape index (κ3) is 2.99. The maximum atomic E-state index is 13.2. The molecule has 0 saturated carbocycles. The van der Waals surface area contributed by atoms with Gasteiger partial charge in [-0.05, 0) is 41.8 Å².